The molecule has 0 saturated carbocycles. The van der Waals surface area contributed by atoms with Gasteiger partial charge in [0.05, 0.1) is 12.7 Å². The van der Waals surface area contributed by atoms with E-state index in [4.69, 9.17) is 0 Å². The molecular weight excluding hydrogens is 340 g/mol. The van der Waals surface area contributed by atoms with Crippen LogP contribution in [0.2, 0.25) is 0 Å². The summed E-state index contributed by atoms with van der Waals surface area (Å²) < 4.78 is 4.40. The summed E-state index contributed by atoms with van der Waals surface area (Å²) in [7, 11) is 1.17. The zero-order chi connectivity index (χ0) is 17.8. The topological polar surface area (TPSA) is 84.5 Å². The highest BCUT2D eigenvalue weighted by Gasteiger charge is 2.18. The number of hydrogen-bond donors (Lipinski definition) is 2. The second kappa shape index (κ2) is 7.14. The smallest absolute Gasteiger partial charge is 0.413 e. The Morgan fingerprint density at radius 2 is 1.68 bits per heavy atom. The number of hydrogen-bond acceptors (Lipinski definition) is 5. The predicted molar refractivity (Wildman–Crippen MR) is 96.1 cm³/mol. The summed E-state index contributed by atoms with van der Waals surface area (Å²) >= 11 is 1.20. The fraction of sp³-hybridized carbons (Fsp3) is 0.0556. The number of anilines is 1. The van der Waals surface area contributed by atoms with Crippen molar-refractivity contribution in [3.05, 3.63) is 65.0 Å². The van der Waals surface area contributed by atoms with E-state index in [0.29, 0.717) is 10.6 Å². The molecule has 0 atom stereocenters. The number of alkyl carbamates (subject to hydrolysis) is 1. The Labute approximate surface area is 147 Å². The Hall–Kier alpha value is -3.19. The number of ether oxygens (including phenoxy) is 1. The van der Waals surface area contributed by atoms with Gasteiger partial charge in [0.2, 0.25) is 0 Å². The monoisotopic (exact) mass is 354 g/mol. The summed E-state index contributed by atoms with van der Waals surface area (Å²) in [6.07, 6.45) is -0.859. The summed E-state index contributed by atoms with van der Waals surface area (Å²) in [6, 6.07) is 14.5. The lowest BCUT2D eigenvalue weighted by atomic mass is 10.0. The normalized spacial score (nSPS) is 10.3. The molecular formula is C18H14N2O4S. The SMILES string of the molecule is COC(=O)NC(=O)c1ccsc1NC(=O)c1cccc2ccccc12. The molecule has 25 heavy (non-hydrogen) atoms. The molecule has 1 aromatic heterocycles. The number of methoxy groups -OCH3 is 1. The third-order valence-electron chi connectivity index (χ3n) is 3.57. The van der Waals surface area contributed by atoms with Crippen molar-refractivity contribution in [1.82, 2.24) is 5.32 Å². The maximum atomic E-state index is 12.7. The van der Waals surface area contributed by atoms with E-state index in [2.05, 4.69) is 15.4 Å². The molecule has 2 N–H and O–H groups in total. The average molecular weight is 354 g/mol. The molecule has 3 aromatic rings. The first-order valence-electron chi connectivity index (χ1n) is 7.36. The van der Waals surface area contributed by atoms with Gasteiger partial charge in [0.15, 0.2) is 0 Å². The number of thiophene rings is 1. The standard InChI is InChI=1S/C18H14N2O4S/c1-24-18(23)20-16(22)14-9-10-25-17(14)19-15(21)13-8-4-6-11-5-2-3-7-12(11)13/h2-10H,1H3,(H,19,21)(H,20,22,23). The Morgan fingerprint density at radius 1 is 0.920 bits per heavy atom. The quantitative estimate of drug-likeness (QED) is 0.752. The van der Waals surface area contributed by atoms with Gasteiger partial charge >= 0.3 is 6.09 Å². The van der Waals surface area contributed by atoms with E-state index in [0.717, 1.165) is 10.8 Å². The van der Waals surface area contributed by atoms with Gasteiger partial charge in [-0.3, -0.25) is 14.9 Å². The van der Waals surface area contributed by atoms with Gasteiger partial charge in [-0.05, 0) is 28.3 Å². The van der Waals surface area contributed by atoms with Crippen LogP contribution in [0.4, 0.5) is 9.80 Å². The molecule has 0 aliphatic carbocycles. The van der Waals surface area contributed by atoms with E-state index in [1.54, 1.807) is 17.5 Å². The van der Waals surface area contributed by atoms with E-state index in [1.165, 1.54) is 24.5 Å². The van der Waals surface area contributed by atoms with Gasteiger partial charge in [-0.25, -0.2) is 4.79 Å². The minimum absolute atomic E-state index is 0.198. The van der Waals surface area contributed by atoms with Crippen LogP contribution in [0.15, 0.2) is 53.9 Å². The van der Waals surface area contributed by atoms with Gasteiger partial charge in [-0.1, -0.05) is 36.4 Å². The second-order valence-corrected chi connectivity index (χ2v) is 6.01. The lowest BCUT2D eigenvalue weighted by Gasteiger charge is -2.08. The number of amides is 3. The summed E-state index contributed by atoms with van der Waals surface area (Å²) in [5, 5.41) is 8.59. The third-order valence-corrected chi connectivity index (χ3v) is 4.40. The average Bonchev–Trinajstić information content (AvgIpc) is 3.09. The zero-order valence-electron chi connectivity index (χ0n) is 13.2. The Kier molecular flexibility index (Phi) is 4.76. The molecule has 0 aliphatic heterocycles. The number of rotatable bonds is 3. The Balaban J connectivity index is 1.86. The molecule has 0 fully saturated rings. The van der Waals surface area contributed by atoms with E-state index in [-0.39, 0.29) is 11.5 Å². The summed E-state index contributed by atoms with van der Waals surface area (Å²) in [4.78, 5) is 35.9. The molecule has 0 radical (unpaired) electrons. The molecule has 0 unspecified atom stereocenters. The van der Waals surface area contributed by atoms with Gasteiger partial charge in [-0.2, -0.15) is 0 Å². The molecule has 6 nitrogen and oxygen atoms in total. The molecule has 0 spiro atoms. The van der Waals surface area contributed by atoms with Gasteiger partial charge in [-0.15, -0.1) is 11.3 Å². The lowest BCUT2D eigenvalue weighted by molar-refractivity contribution is 0.0938. The lowest BCUT2D eigenvalue weighted by Crippen LogP contribution is -2.30. The second-order valence-electron chi connectivity index (χ2n) is 5.09. The molecule has 0 saturated heterocycles. The zero-order valence-corrected chi connectivity index (χ0v) is 14.1. The van der Waals surface area contributed by atoms with Crippen molar-refractivity contribution in [2.24, 2.45) is 0 Å². The van der Waals surface area contributed by atoms with E-state index >= 15 is 0 Å². The minimum atomic E-state index is -0.859. The van der Waals surface area contributed by atoms with Gasteiger partial charge < -0.3 is 10.1 Å². The minimum Gasteiger partial charge on any atom is -0.453 e. The van der Waals surface area contributed by atoms with Crippen LogP contribution < -0.4 is 10.6 Å². The molecule has 3 rings (SSSR count). The highest BCUT2D eigenvalue weighted by Crippen LogP contribution is 2.25. The number of imide groups is 1. The Bertz CT molecular complexity index is 959. The summed E-state index contributed by atoms with van der Waals surface area (Å²) in [6.45, 7) is 0. The maximum absolute atomic E-state index is 12.7. The molecule has 7 heteroatoms. The van der Waals surface area contributed by atoms with Gasteiger partial charge in [0.1, 0.15) is 5.00 Å². The van der Waals surface area contributed by atoms with Crippen LogP contribution in [0, 0.1) is 0 Å². The summed E-state index contributed by atoms with van der Waals surface area (Å²) in [5.41, 5.74) is 0.704. The Morgan fingerprint density at radius 3 is 2.48 bits per heavy atom. The molecule has 0 bridgehead atoms. The van der Waals surface area contributed by atoms with Crippen molar-refractivity contribution in [1.29, 1.82) is 0 Å². The molecule has 2 aromatic carbocycles. The number of fused-ring (bicyclic) bond motifs is 1. The number of carbonyl (C=O) groups is 3. The molecule has 3 amide bonds. The predicted octanol–water partition coefficient (Wildman–Crippen LogP) is 3.65. The molecule has 1 heterocycles. The third kappa shape index (κ3) is 3.51. The van der Waals surface area contributed by atoms with Crippen molar-refractivity contribution in [2.45, 2.75) is 0 Å². The first-order chi connectivity index (χ1) is 12.1. The van der Waals surface area contributed by atoms with Crippen molar-refractivity contribution in [2.75, 3.05) is 12.4 Å². The first-order valence-corrected chi connectivity index (χ1v) is 8.24. The highest BCUT2D eigenvalue weighted by molar-refractivity contribution is 7.14. The van der Waals surface area contributed by atoms with Crippen LogP contribution in [0.3, 0.4) is 0 Å². The molecule has 0 aliphatic rings. The molecule has 126 valence electrons. The van der Waals surface area contributed by atoms with Gasteiger partial charge in [0.25, 0.3) is 11.8 Å². The van der Waals surface area contributed by atoms with Crippen molar-refractivity contribution in [3.8, 4) is 0 Å². The number of carbonyl (C=O) groups excluding carboxylic acids is 3. The van der Waals surface area contributed by atoms with E-state index in [1.807, 2.05) is 30.3 Å². The number of benzene rings is 2. The van der Waals surface area contributed by atoms with Crippen molar-refractivity contribution < 1.29 is 19.1 Å². The van der Waals surface area contributed by atoms with Crippen LogP contribution in [0.25, 0.3) is 10.8 Å². The van der Waals surface area contributed by atoms with E-state index in [9.17, 15) is 14.4 Å². The van der Waals surface area contributed by atoms with Gasteiger partial charge in [0, 0.05) is 5.56 Å². The largest absolute Gasteiger partial charge is 0.453 e. The van der Waals surface area contributed by atoms with Crippen LogP contribution in [0.1, 0.15) is 20.7 Å². The summed E-state index contributed by atoms with van der Waals surface area (Å²) in [5.74, 6) is -0.965. The van der Waals surface area contributed by atoms with Crippen LogP contribution in [-0.4, -0.2) is 25.0 Å². The highest BCUT2D eigenvalue weighted by atomic mass is 32.1. The number of nitrogens with one attached hydrogen (secondary N) is 2. The fourth-order valence-electron chi connectivity index (χ4n) is 2.39. The first kappa shape index (κ1) is 16.7. The van der Waals surface area contributed by atoms with Crippen molar-refractivity contribution in [3.63, 3.8) is 0 Å². The van der Waals surface area contributed by atoms with Crippen molar-refractivity contribution >= 4 is 45.0 Å². The fourth-order valence-corrected chi connectivity index (χ4v) is 3.17. The van der Waals surface area contributed by atoms with E-state index < -0.39 is 12.0 Å². The van der Waals surface area contributed by atoms with Crippen LogP contribution >= 0.6 is 11.3 Å². The van der Waals surface area contributed by atoms with Crippen LogP contribution in [-0.2, 0) is 4.74 Å². The van der Waals surface area contributed by atoms with Crippen LogP contribution in [0.5, 0.6) is 0 Å². The maximum Gasteiger partial charge on any atom is 0.413 e.